The number of hydrogen-bond donors (Lipinski definition) is 1. The standard InChI is InChI=1S/C35H35N5O3S/c1-4-42-35(41)32-30(43-33(38)28(18-37)31(32)25-12-10-24(11-13-25)22(2)3)21-44-34-26(17-36)16-27-20-40(15-14-29(27)39-34)19-23-8-6-5-7-9-23/h5-13,16,22,31H,4,14-15,19-21,38H2,1-3H3. The van der Waals surface area contributed by atoms with Crippen LogP contribution >= 0.6 is 11.8 Å². The predicted molar refractivity (Wildman–Crippen MR) is 169 cm³/mol. The van der Waals surface area contributed by atoms with E-state index in [1.807, 2.05) is 48.5 Å². The fourth-order valence-electron chi connectivity index (χ4n) is 5.58. The first-order valence-electron chi connectivity index (χ1n) is 14.7. The van der Waals surface area contributed by atoms with Crippen LogP contribution in [0.2, 0.25) is 0 Å². The van der Waals surface area contributed by atoms with Crippen LogP contribution in [0.1, 0.15) is 66.1 Å². The molecule has 9 heteroatoms. The van der Waals surface area contributed by atoms with Crippen molar-refractivity contribution in [1.29, 1.82) is 10.5 Å². The highest BCUT2D eigenvalue weighted by Crippen LogP contribution is 2.41. The molecule has 0 spiro atoms. The molecular weight excluding hydrogens is 570 g/mol. The number of thioether (sulfide) groups is 1. The van der Waals surface area contributed by atoms with Crippen molar-refractivity contribution in [3.8, 4) is 12.1 Å². The molecule has 1 aromatic heterocycles. The van der Waals surface area contributed by atoms with Gasteiger partial charge in [-0.25, -0.2) is 9.78 Å². The monoisotopic (exact) mass is 605 g/mol. The van der Waals surface area contributed by atoms with E-state index in [-0.39, 0.29) is 29.4 Å². The van der Waals surface area contributed by atoms with Crippen LogP contribution in [0.25, 0.3) is 0 Å². The molecule has 2 N–H and O–H groups in total. The number of nitriles is 2. The molecule has 0 radical (unpaired) electrons. The Hall–Kier alpha value is -4.57. The molecule has 0 saturated carbocycles. The highest BCUT2D eigenvalue weighted by atomic mass is 32.2. The van der Waals surface area contributed by atoms with Gasteiger partial charge in [-0.05, 0) is 41.2 Å². The second-order valence-corrected chi connectivity index (χ2v) is 12.1. The molecule has 0 saturated heterocycles. The summed E-state index contributed by atoms with van der Waals surface area (Å²) in [7, 11) is 0. The Morgan fingerprint density at radius 1 is 1.16 bits per heavy atom. The van der Waals surface area contributed by atoms with Crippen LogP contribution in [0, 0.1) is 22.7 Å². The molecule has 224 valence electrons. The first kappa shape index (κ1) is 30.9. The van der Waals surface area contributed by atoms with E-state index >= 15 is 0 Å². The van der Waals surface area contributed by atoms with Crippen molar-refractivity contribution >= 4 is 17.7 Å². The number of esters is 1. The maximum atomic E-state index is 13.4. The van der Waals surface area contributed by atoms with Gasteiger partial charge in [0.05, 0.1) is 29.4 Å². The molecule has 1 unspecified atom stereocenters. The Balaban J connectivity index is 1.44. The van der Waals surface area contributed by atoms with Gasteiger partial charge in [-0.15, -0.1) is 0 Å². The number of aromatic nitrogens is 1. The van der Waals surface area contributed by atoms with E-state index in [2.05, 4.69) is 43.0 Å². The highest BCUT2D eigenvalue weighted by molar-refractivity contribution is 7.99. The zero-order valence-corrected chi connectivity index (χ0v) is 26.0. The van der Waals surface area contributed by atoms with Gasteiger partial charge in [0, 0.05) is 31.7 Å². The Bertz CT molecular complexity index is 1680. The number of allylic oxidation sites excluding steroid dienone is 1. The number of fused-ring (bicyclic) bond motifs is 1. The highest BCUT2D eigenvalue weighted by Gasteiger charge is 2.38. The number of pyridine rings is 1. The third-order valence-electron chi connectivity index (χ3n) is 7.85. The summed E-state index contributed by atoms with van der Waals surface area (Å²) in [6, 6.07) is 24.5. The van der Waals surface area contributed by atoms with Crippen LogP contribution in [0.15, 0.2) is 88.5 Å². The molecule has 2 aliphatic rings. The zero-order valence-electron chi connectivity index (χ0n) is 25.2. The maximum absolute atomic E-state index is 13.4. The summed E-state index contributed by atoms with van der Waals surface area (Å²) < 4.78 is 11.4. The summed E-state index contributed by atoms with van der Waals surface area (Å²) in [6.45, 7) is 8.51. The average molecular weight is 606 g/mol. The van der Waals surface area contributed by atoms with E-state index in [9.17, 15) is 15.3 Å². The van der Waals surface area contributed by atoms with E-state index in [0.717, 1.165) is 41.9 Å². The minimum Gasteiger partial charge on any atom is -0.463 e. The fraction of sp³-hybridized carbons (Fsp3) is 0.314. The number of carbonyl (C=O) groups is 1. The Kier molecular flexibility index (Phi) is 9.69. The molecule has 44 heavy (non-hydrogen) atoms. The summed E-state index contributed by atoms with van der Waals surface area (Å²) in [4.78, 5) is 20.7. The first-order chi connectivity index (χ1) is 21.3. The lowest BCUT2D eigenvalue weighted by Crippen LogP contribution is -2.31. The summed E-state index contributed by atoms with van der Waals surface area (Å²) in [5, 5.41) is 20.6. The van der Waals surface area contributed by atoms with Gasteiger partial charge in [-0.1, -0.05) is 80.2 Å². The first-order valence-corrected chi connectivity index (χ1v) is 15.7. The van der Waals surface area contributed by atoms with Crippen LogP contribution in [0.5, 0.6) is 0 Å². The lowest BCUT2D eigenvalue weighted by Gasteiger charge is -2.29. The number of benzene rings is 2. The summed E-state index contributed by atoms with van der Waals surface area (Å²) >= 11 is 1.31. The molecule has 2 aliphatic heterocycles. The van der Waals surface area contributed by atoms with Crippen molar-refractivity contribution < 1.29 is 14.3 Å². The van der Waals surface area contributed by atoms with Gasteiger partial charge in [0.1, 0.15) is 28.5 Å². The van der Waals surface area contributed by atoms with Crippen LogP contribution in [-0.2, 0) is 33.8 Å². The Labute approximate surface area is 262 Å². The number of ether oxygens (including phenoxy) is 2. The second kappa shape index (κ2) is 13.8. The van der Waals surface area contributed by atoms with Gasteiger partial charge in [-0.2, -0.15) is 10.5 Å². The Morgan fingerprint density at radius 2 is 1.91 bits per heavy atom. The van der Waals surface area contributed by atoms with Gasteiger partial charge in [0.15, 0.2) is 0 Å². The van der Waals surface area contributed by atoms with Gasteiger partial charge in [0.25, 0.3) is 0 Å². The lowest BCUT2D eigenvalue weighted by molar-refractivity contribution is -0.139. The van der Waals surface area contributed by atoms with E-state index in [0.29, 0.717) is 28.8 Å². The molecule has 0 amide bonds. The number of rotatable bonds is 9. The van der Waals surface area contributed by atoms with Crippen molar-refractivity contribution in [2.75, 3.05) is 18.9 Å². The Morgan fingerprint density at radius 3 is 2.57 bits per heavy atom. The second-order valence-electron chi connectivity index (χ2n) is 11.1. The van der Waals surface area contributed by atoms with E-state index in [1.165, 1.54) is 17.3 Å². The van der Waals surface area contributed by atoms with E-state index in [1.54, 1.807) is 6.92 Å². The normalized spacial score (nSPS) is 16.6. The van der Waals surface area contributed by atoms with Crippen LogP contribution in [0.4, 0.5) is 0 Å². The van der Waals surface area contributed by atoms with Crippen LogP contribution in [0.3, 0.4) is 0 Å². The molecule has 0 bridgehead atoms. The summed E-state index contributed by atoms with van der Waals surface area (Å²) in [5.74, 6) is -0.570. The summed E-state index contributed by atoms with van der Waals surface area (Å²) in [6.07, 6.45) is 0.768. The third kappa shape index (κ3) is 6.65. The third-order valence-corrected chi connectivity index (χ3v) is 8.84. The molecule has 0 fully saturated rings. The number of nitrogens with zero attached hydrogens (tertiary/aromatic N) is 4. The van der Waals surface area contributed by atoms with Crippen molar-refractivity contribution in [1.82, 2.24) is 9.88 Å². The number of carbonyl (C=O) groups excluding carboxylic acids is 1. The van der Waals surface area contributed by atoms with Gasteiger partial charge in [0.2, 0.25) is 5.88 Å². The fourth-order valence-corrected chi connectivity index (χ4v) is 6.49. The minimum atomic E-state index is -0.743. The number of nitrogens with two attached hydrogens (primary N) is 1. The smallest absolute Gasteiger partial charge is 0.338 e. The van der Waals surface area contributed by atoms with E-state index in [4.69, 9.17) is 20.2 Å². The van der Waals surface area contributed by atoms with Gasteiger partial charge >= 0.3 is 5.97 Å². The van der Waals surface area contributed by atoms with Gasteiger partial charge in [-0.3, -0.25) is 4.90 Å². The minimum absolute atomic E-state index is 0.0495. The van der Waals surface area contributed by atoms with Crippen LogP contribution < -0.4 is 5.73 Å². The van der Waals surface area contributed by atoms with Gasteiger partial charge < -0.3 is 15.2 Å². The molecule has 1 atom stereocenters. The molecule has 8 nitrogen and oxygen atoms in total. The molecule has 5 rings (SSSR count). The lowest BCUT2D eigenvalue weighted by atomic mass is 9.82. The topological polar surface area (TPSA) is 125 Å². The molecular formula is C35H35N5O3S. The predicted octanol–water partition coefficient (Wildman–Crippen LogP) is 6.05. The average Bonchev–Trinajstić information content (AvgIpc) is 3.03. The van der Waals surface area contributed by atoms with Crippen molar-refractivity contribution in [3.05, 3.63) is 117 Å². The molecule has 3 aromatic rings. The molecule has 0 aliphatic carbocycles. The van der Waals surface area contributed by atoms with E-state index < -0.39 is 11.9 Å². The molecule has 3 heterocycles. The maximum Gasteiger partial charge on any atom is 0.338 e. The van der Waals surface area contributed by atoms with Crippen LogP contribution in [-0.4, -0.2) is 34.8 Å². The van der Waals surface area contributed by atoms with Crippen molar-refractivity contribution in [2.24, 2.45) is 5.73 Å². The summed E-state index contributed by atoms with van der Waals surface area (Å²) in [5.41, 5.74) is 12.3. The SMILES string of the molecule is CCOC(=O)C1=C(CSc2nc3c(cc2C#N)CN(Cc2ccccc2)CC3)OC(N)=C(C#N)C1c1ccc(C(C)C)cc1. The van der Waals surface area contributed by atoms with Crippen molar-refractivity contribution in [3.63, 3.8) is 0 Å². The number of hydrogen-bond acceptors (Lipinski definition) is 9. The molecule has 2 aromatic carbocycles. The zero-order chi connectivity index (χ0) is 31.2. The largest absolute Gasteiger partial charge is 0.463 e. The quantitative estimate of drug-likeness (QED) is 0.229. The van der Waals surface area contributed by atoms with Crippen molar-refractivity contribution in [2.45, 2.75) is 57.1 Å².